The van der Waals surface area contributed by atoms with Gasteiger partial charge in [-0.2, -0.15) is 0 Å². The molecule has 20 heavy (non-hydrogen) atoms. The van der Waals surface area contributed by atoms with Crippen molar-refractivity contribution in [2.45, 2.75) is 12.5 Å². The van der Waals surface area contributed by atoms with Crippen molar-refractivity contribution in [1.29, 1.82) is 0 Å². The first-order chi connectivity index (χ1) is 9.20. The van der Waals surface area contributed by atoms with Gasteiger partial charge in [-0.25, -0.2) is 13.2 Å². The van der Waals surface area contributed by atoms with Crippen LogP contribution in [-0.2, 0) is 14.6 Å². The Bertz CT molecular complexity index is 614. The number of sulfone groups is 1. The highest BCUT2D eigenvalue weighted by Crippen LogP contribution is 2.15. The Hall–Kier alpha value is -1.60. The average Bonchev–Trinajstić information content (AvgIpc) is 2.33. The number of carboxylic acids is 1. The molecule has 0 saturated carbocycles. The van der Waals surface area contributed by atoms with Gasteiger partial charge in [0.2, 0.25) is 0 Å². The van der Waals surface area contributed by atoms with E-state index in [1.54, 1.807) is 12.1 Å². The first-order valence-electron chi connectivity index (χ1n) is 5.66. The lowest BCUT2D eigenvalue weighted by Crippen LogP contribution is -2.42. The number of aliphatic carboxylic acids is 1. The van der Waals surface area contributed by atoms with E-state index < -0.39 is 27.8 Å². The van der Waals surface area contributed by atoms with Crippen LogP contribution in [-0.4, -0.2) is 43.5 Å². The van der Waals surface area contributed by atoms with Crippen molar-refractivity contribution >= 4 is 33.3 Å². The third kappa shape index (κ3) is 5.18. The van der Waals surface area contributed by atoms with Gasteiger partial charge in [0, 0.05) is 6.26 Å². The standard InChI is InChI=1S/C12H14ClNO5S/c1-20(18,19)7-6-10(12(16)17)14-11(15)8-4-2-3-5-9(8)13/h2-5,10H,6-7H2,1H3,(H,14,15)(H,16,17). The van der Waals surface area contributed by atoms with Crippen molar-refractivity contribution in [2.75, 3.05) is 12.0 Å². The largest absolute Gasteiger partial charge is 0.480 e. The van der Waals surface area contributed by atoms with E-state index in [0.717, 1.165) is 6.26 Å². The highest BCUT2D eigenvalue weighted by atomic mass is 35.5. The van der Waals surface area contributed by atoms with Gasteiger partial charge < -0.3 is 10.4 Å². The van der Waals surface area contributed by atoms with E-state index in [1.807, 2.05) is 0 Å². The van der Waals surface area contributed by atoms with Gasteiger partial charge in [-0.3, -0.25) is 4.79 Å². The molecule has 8 heteroatoms. The van der Waals surface area contributed by atoms with E-state index >= 15 is 0 Å². The van der Waals surface area contributed by atoms with Gasteiger partial charge in [0.05, 0.1) is 16.3 Å². The minimum Gasteiger partial charge on any atom is -0.480 e. The topological polar surface area (TPSA) is 101 Å². The summed E-state index contributed by atoms with van der Waals surface area (Å²) in [7, 11) is -3.30. The maximum absolute atomic E-state index is 11.9. The zero-order valence-corrected chi connectivity index (χ0v) is 12.2. The molecule has 1 amide bonds. The molecule has 2 N–H and O–H groups in total. The lowest BCUT2D eigenvalue weighted by Gasteiger charge is -2.14. The summed E-state index contributed by atoms with van der Waals surface area (Å²) in [6, 6.07) is 4.90. The Balaban J connectivity index is 2.79. The molecular formula is C12H14ClNO5S. The second-order valence-electron chi connectivity index (χ2n) is 4.26. The number of carbonyl (C=O) groups excluding carboxylic acids is 1. The normalized spacial score (nSPS) is 12.7. The summed E-state index contributed by atoms with van der Waals surface area (Å²) in [4.78, 5) is 22.9. The lowest BCUT2D eigenvalue weighted by molar-refractivity contribution is -0.139. The second kappa shape index (κ2) is 6.71. The number of nitrogens with one attached hydrogen (secondary N) is 1. The molecule has 1 atom stereocenters. The van der Waals surface area contributed by atoms with Crippen LogP contribution in [0.5, 0.6) is 0 Å². The van der Waals surface area contributed by atoms with Gasteiger partial charge in [-0.1, -0.05) is 23.7 Å². The van der Waals surface area contributed by atoms with E-state index in [0.29, 0.717) is 0 Å². The fraction of sp³-hybridized carbons (Fsp3) is 0.333. The number of hydrogen-bond donors (Lipinski definition) is 2. The smallest absolute Gasteiger partial charge is 0.326 e. The van der Waals surface area contributed by atoms with E-state index in [4.69, 9.17) is 16.7 Å². The maximum atomic E-state index is 11.9. The molecule has 0 spiro atoms. The number of hydrogen-bond acceptors (Lipinski definition) is 4. The molecular weight excluding hydrogens is 306 g/mol. The summed E-state index contributed by atoms with van der Waals surface area (Å²) in [5.74, 6) is -2.28. The molecule has 0 aliphatic carbocycles. The van der Waals surface area contributed by atoms with Crippen LogP contribution in [0, 0.1) is 0 Å². The Kier molecular flexibility index (Phi) is 5.52. The predicted octanol–water partition coefficient (Wildman–Crippen LogP) is 0.958. The van der Waals surface area contributed by atoms with E-state index in [1.165, 1.54) is 12.1 Å². The Morgan fingerprint density at radius 3 is 2.45 bits per heavy atom. The van der Waals surface area contributed by atoms with Gasteiger partial charge in [0.15, 0.2) is 0 Å². The SMILES string of the molecule is CS(=O)(=O)CCC(NC(=O)c1ccccc1Cl)C(=O)O. The molecule has 0 aliphatic heterocycles. The average molecular weight is 320 g/mol. The van der Waals surface area contributed by atoms with Gasteiger partial charge in [0.1, 0.15) is 15.9 Å². The Morgan fingerprint density at radius 1 is 1.35 bits per heavy atom. The quantitative estimate of drug-likeness (QED) is 0.813. The van der Waals surface area contributed by atoms with Crippen molar-refractivity contribution in [3.63, 3.8) is 0 Å². The number of halogens is 1. The second-order valence-corrected chi connectivity index (χ2v) is 6.93. The zero-order chi connectivity index (χ0) is 15.3. The van der Waals surface area contributed by atoms with Crippen molar-refractivity contribution in [3.8, 4) is 0 Å². The van der Waals surface area contributed by atoms with Crippen molar-refractivity contribution < 1.29 is 23.1 Å². The first kappa shape index (κ1) is 16.5. The Labute approximate surface area is 121 Å². The van der Waals surface area contributed by atoms with Crippen molar-refractivity contribution in [3.05, 3.63) is 34.9 Å². The molecule has 0 heterocycles. The van der Waals surface area contributed by atoms with Crippen LogP contribution in [0.3, 0.4) is 0 Å². The number of carbonyl (C=O) groups is 2. The molecule has 0 bridgehead atoms. The third-order valence-electron chi connectivity index (χ3n) is 2.50. The molecule has 1 aromatic rings. The molecule has 0 fully saturated rings. The summed E-state index contributed by atoms with van der Waals surface area (Å²) in [5.41, 5.74) is 0.139. The summed E-state index contributed by atoms with van der Waals surface area (Å²) < 4.78 is 22.1. The van der Waals surface area contributed by atoms with Crippen LogP contribution < -0.4 is 5.32 Å². The molecule has 6 nitrogen and oxygen atoms in total. The van der Waals surface area contributed by atoms with E-state index in [9.17, 15) is 18.0 Å². The lowest BCUT2D eigenvalue weighted by atomic mass is 10.1. The maximum Gasteiger partial charge on any atom is 0.326 e. The fourth-order valence-corrected chi connectivity index (χ4v) is 2.36. The van der Waals surface area contributed by atoms with Gasteiger partial charge >= 0.3 is 5.97 Å². The fourth-order valence-electron chi connectivity index (χ4n) is 1.47. The van der Waals surface area contributed by atoms with Crippen LogP contribution in [0.4, 0.5) is 0 Å². The van der Waals surface area contributed by atoms with Crippen LogP contribution in [0.1, 0.15) is 16.8 Å². The molecule has 0 saturated heterocycles. The molecule has 1 aromatic carbocycles. The van der Waals surface area contributed by atoms with Crippen LogP contribution in [0.25, 0.3) is 0 Å². The van der Waals surface area contributed by atoms with Crippen LogP contribution in [0.2, 0.25) is 5.02 Å². The van der Waals surface area contributed by atoms with Crippen LogP contribution in [0.15, 0.2) is 24.3 Å². The summed E-state index contributed by atoms with van der Waals surface area (Å²) in [6.07, 6.45) is 0.798. The van der Waals surface area contributed by atoms with Crippen LogP contribution >= 0.6 is 11.6 Å². The van der Waals surface area contributed by atoms with Crippen molar-refractivity contribution in [1.82, 2.24) is 5.32 Å². The molecule has 0 aromatic heterocycles. The minimum atomic E-state index is -3.30. The number of rotatable bonds is 6. The molecule has 1 unspecified atom stereocenters. The number of benzene rings is 1. The monoisotopic (exact) mass is 319 g/mol. The van der Waals surface area contributed by atoms with Gasteiger partial charge in [0.25, 0.3) is 5.91 Å². The highest BCUT2D eigenvalue weighted by Gasteiger charge is 2.23. The molecule has 0 radical (unpaired) electrons. The van der Waals surface area contributed by atoms with E-state index in [-0.39, 0.29) is 22.8 Å². The van der Waals surface area contributed by atoms with E-state index in [2.05, 4.69) is 5.32 Å². The van der Waals surface area contributed by atoms with Gasteiger partial charge in [-0.05, 0) is 18.6 Å². The molecule has 110 valence electrons. The van der Waals surface area contributed by atoms with Crippen molar-refractivity contribution in [2.24, 2.45) is 0 Å². The molecule has 1 rings (SSSR count). The molecule has 0 aliphatic rings. The zero-order valence-electron chi connectivity index (χ0n) is 10.7. The van der Waals surface area contributed by atoms with Gasteiger partial charge in [-0.15, -0.1) is 0 Å². The minimum absolute atomic E-state index is 0.139. The highest BCUT2D eigenvalue weighted by molar-refractivity contribution is 7.90. The Morgan fingerprint density at radius 2 is 1.95 bits per heavy atom. The summed E-state index contributed by atoms with van der Waals surface area (Å²) in [6.45, 7) is 0. The number of amides is 1. The predicted molar refractivity (Wildman–Crippen MR) is 74.7 cm³/mol. The third-order valence-corrected chi connectivity index (χ3v) is 3.81. The summed E-state index contributed by atoms with van der Waals surface area (Å²) in [5, 5.41) is 11.4. The first-order valence-corrected chi connectivity index (χ1v) is 8.10. The number of carboxylic acid groups (broad SMARTS) is 1. The summed E-state index contributed by atoms with van der Waals surface area (Å²) >= 11 is 5.83.